The Hall–Kier alpha value is -3.15. The number of aryl methyl sites for hydroxylation is 1. The molecule has 2 aromatic carbocycles. The first-order valence-corrected chi connectivity index (χ1v) is 12.3. The minimum absolute atomic E-state index is 0.109. The third kappa shape index (κ3) is 4.52. The lowest BCUT2D eigenvalue weighted by Crippen LogP contribution is -2.33. The van der Waals surface area contributed by atoms with Crippen molar-refractivity contribution in [3.63, 3.8) is 0 Å². The fourth-order valence-electron chi connectivity index (χ4n) is 3.12. The third-order valence-electron chi connectivity index (χ3n) is 5.11. The summed E-state index contributed by atoms with van der Waals surface area (Å²) in [6, 6.07) is 11.6. The molecule has 0 spiro atoms. The number of aromatic nitrogens is 3. The molecule has 0 aliphatic rings. The fraction of sp³-hybridized carbons (Fsp3) is 0.227. The summed E-state index contributed by atoms with van der Waals surface area (Å²) in [5.41, 5.74) is 1.58. The Morgan fingerprint density at radius 2 is 1.85 bits per heavy atom. The second-order valence-electron chi connectivity index (χ2n) is 7.78. The van der Waals surface area contributed by atoms with Crippen molar-refractivity contribution in [2.45, 2.75) is 31.7 Å². The number of amides is 1. The maximum Gasteiger partial charge on any atom is 0.256 e. The van der Waals surface area contributed by atoms with Crippen LogP contribution in [0.5, 0.6) is 0 Å². The third-order valence-corrected chi connectivity index (χ3v) is 8.16. The van der Waals surface area contributed by atoms with Gasteiger partial charge in [-0.05, 0) is 63.2 Å². The molecule has 0 bridgehead atoms. The van der Waals surface area contributed by atoms with Crippen LogP contribution < -0.4 is 5.32 Å². The van der Waals surface area contributed by atoms with Crippen LogP contribution in [0.15, 0.2) is 53.4 Å². The number of anilines is 1. The molecule has 1 amide bonds. The largest absolute Gasteiger partial charge is 0.306 e. The van der Waals surface area contributed by atoms with Crippen LogP contribution in [0.3, 0.4) is 0 Å². The summed E-state index contributed by atoms with van der Waals surface area (Å²) < 4.78 is 42.2. The van der Waals surface area contributed by atoms with Crippen LogP contribution in [0, 0.1) is 12.7 Å². The zero-order valence-electron chi connectivity index (χ0n) is 18.4. The van der Waals surface area contributed by atoms with Gasteiger partial charge in [-0.25, -0.2) is 17.8 Å². The van der Waals surface area contributed by atoms with Gasteiger partial charge in [0.25, 0.3) is 5.91 Å². The molecule has 0 saturated carbocycles. The van der Waals surface area contributed by atoms with Crippen LogP contribution in [0.1, 0.15) is 29.9 Å². The van der Waals surface area contributed by atoms with Gasteiger partial charge in [0.2, 0.25) is 15.2 Å². The van der Waals surface area contributed by atoms with Crippen LogP contribution in [0.2, 0.25) is 0 Å². The molecule has 0 radical (unpaired) electrons. The molecule has 4 rings (SSSR count). The van der Waals surface area contributed by atoms with E-state index in [1.807, 2.05) is 0 Å². The molecule has 4 aromatic rings. The lowest BCUT2D eigenvalue weighted by atomic mass is 10.2. The molecule has 2 heterocycles. The fourth-order valence-corrected chi connectivity index (χ4v) is 5.45. The summed E-state index contributed by atoms with van der Waals surface area (Å²) >= 11 is 1.25. The monoisotopic (exact) mass is 487 g/mol. The number of carbonyl (C=O) groups excluding carboxylic acids is 1. The molecule has 0 aliphatic carbocycles. The summed E-state index contributed by atoms with van der Waals surface area (Å²) in [7, 11) is -2.13. The number of halogens is 1. The number of nitrogens with zero attached hydrogens (tertiary/aromatic N) is 4. The van der Waals surface area contributed by atoms with E-state index in [-0.39, 0.29) is 22.3 Å². The Balaban J connectivity index is 1.59. The molecule has 0 aliphatic heterocycles. The van der Waals surface area contributed by atoms with Crippen LogP contribution >= 0.6 is 11.3 Å². The number of hydrogen-bond acceptors (Lipinski definition) is 6. The molecule has 172 valence electrons. The van der Waals surface area contributed by atoms with Gasteiger partial charge in [0.15, 0.2) is 0 Å². The molecule has 0 unspecified atom stereocenters. The van der Waals surface area contributed by atoms with Crippen molar-refractivity contribution in [2.75, 3.05) is 12.4 Å². The van der Waals surface area contributed by atoms with Crippen LogP contribution in [0.4, 0.5) is 10.2 Å². The van der Waals surface area contributed by atoms with Gasteiger partial charge in [-0.3, -0.25) is 4.79 Å². The highest BCUT2D eigenvalue weighted by Gasteiger charge is 2.23. The lowest BCUT2D eigenvalue weighted by molar-refractivity contribution is 0.102. The highest BCUT2D eigenvalue weighted by molar-refractivity contribution is 7.89. The van der Waals surface area contributed by atoms with Crippen molar-refractivity contribution >= 4 is 43.3 Å². The van der Waals surface area contributed by atoms with E-state index < -0.39 is 15.9 Å². The molecule has 1 N–H and O–H groups in total. The van der Waals surface area contributed by atoms with Gasteiger partial charge in [0, 0.05) is 24.7 Å². The minimum Gasteiger partial charge on any atom is -0.306 e. The van der Waals surface area contributed by atoms with E-state index in [0.29, 0.717) is 26.9 Å². The molecule has 2 aromatic heterocycles. The summed E-state index contributed by atoms with van der Waals surface area (Å²) in [5, 5.41) is 7.68. The predicted molar refractivity (Wildman–Crippen MR) is 126 cm³/mol. The van der Waals surface area contributed by atoms with Gasteiger partial charge in [-0.2, -0.15) is 14.1 Å². The Bertz CT molecular complexity index is 1440. The standard InChI is InChI=1S/C22H22FN5O3S2/c1-13(2)27(4)33(30,31)17-8-5-15(6-9-17)21(29)25-20-11-14(3)26-28(20)22-24-18-10-7-16(23)12-19(18)32-22/h5-13H,1-4H3,(H,25,29). The van der Waals surface area contributed by atoms with Crippen LogP contribution in [0.25, 0.3) is 15.3 Å². The minimum atomic E-state index is -3.64. The Kier molecular flexibility index (Phi) is 6.04. The van der Waals surface area contributed by atoms with E-state index in [1.54, 1.807) is 32.9 Å². The first-order valence-electron chi connectivity index (χ1n) is 10.1. The molecule has 11 heteroatoms. The van der Waals surface area contributed by atoms with Gasteiger partial charge in [-0.1, -0.05) is 11.3 Å². The number of benzene rings is 2. The van der Waals surface area contributed by atoms with E-state index >= 15 is 0 Å². The zero-order chi connectivity index (χ0) is 23.9. The average Bonchev–Trinajstić information content (AvgIpc) is 3.35. The van der Waals surface area contributed by atoms with Crippen LogP contribution in [-0.2, 0) is 10.0 Å². The van der Waals surface area contributed by atoms with Gasteiger partial charge in [-0.15, -0.1) is 0 Å². The maximum atomic E-state index is 13.5. The number of nitrogens with one attached hydrogen (secondary N) is 1. The Labute approximate surface area is 194 Å². The Morgan fingerprint density at radius 1 is 1.15 bits per heavy atom. The normalized spacial score (nSPS) is 12.1. The second-order valence-corrected chi connectivity index (χ2v) is 10.8. The van der Waals surface area contributed by atoms with Crippen molar-refractivity contribution in [3.05, 3.63) is 65.6 Å². The molecule has 0 saturated heterocycles. The van der Waals surface area contributed by atoms with E-state index in [1.165, 1.54) is 63.8 Å². The summed E-state index contributed by atoms with van der Waals surface area (Å²) in [5.74, 6) is -0.384. The number of rotatable bonds is 6. The smallest absolute Gasteiger partial charge is 0.256 e. The maximum absolute atomic E-state index is 13.5. The van der Waals surface area contributed by atoms with Crippen molar-refractivity contribution in [2.24, 2.45) is 0 Å². The second kappa shape index (κ2) is 8.65. The number of carbonyl (C=O) groups is 1. The van der Waals surface area contributed by atoms with Gasteiger partial charge in [0.05, 0.1) is 20.8 Å². The van der Waals surface area contributed by atoms with Crippen molar-refractivity contribution in [3.8, 4) is 5.13 Å². The first kappa shape index (κ1) is 23.0. The topological polar surface area (TPSA) is 97.2 Å². The van der Waals surface area contributed by atoms with Gasteiger partial charge < -0.3 is 5.32 Å². The van der Waals surface area contributed by atoms with E-state index in [4.69, 9.17) is 0 Å². The number of thiazole rings is 1. The number of hydrogen-bond donors (Lipinski definition) is 1. The van der Waals surface area contributed by atoms with Gasteiger partial charge >= 0.3 is 0 Å². The average molecular weight is 488 g/mol. The summed E-state index contributed by atoms with van der Waals surface area (Å²) in [6.45, 7) is 5.35. The molecule has 0 fully saturated rings. The van der Waals surface area contributed by atoms with Crippen molar-refractivity contribution in [1.82, 2.24) is 19.1 Å². The quantitative estimate of drug-likeness (QED) is 0.439. The van der Waals surface area contributed by atoms with E-state index in [2.05, 4.69) is 15.4 Å². The van der Waals surface area contributed by atoms with Gasteiger partial charge in [0.1, 0.15) is 11.6 Å². The Morgan fingerprint density at radius 3 is 2.52 bits per heavy atom. The first-order chi connectivity index (χ1) is 15.6. The number of fused-ring (bicyclic) bond motifs is 1. The van der Waals surface area contributed by atoms with E-state index in [0.717, 1.165) is 0 Å². The molecular formula is C22H22FN5O3S2. The zero-order valence-corrected chi connectivity index (χ0v) is 20.0. The molecule has 8 nitrogen and oxygen atoms in total. The predicted octanol–water partition coefficient (Wildman–Crippen LogP) is 4.21. The number of sulfonamides is 1. The molecule has 33 heavy (non-hydrogen) atoms. The molecular weight excluding hydrogens is 465 g/mol. The highest BCUT2D eigenvalue weighted by Crippen LogP contribution is 2.28. The lowest BCUT2D eigenvalue weighted by Gasteiger charge is -2.21. The van der Waals surface area contributed by atoms with Crippen LogP contribution in [-0.4, -0.2) is 46.5 Å². The summed E-state index contributed by atoms with van der Waals surface area (Å²) in [6.07, 6.45) is 0. The summed E-state index contributed by atoms with van der Waals surface area (Å²) in [4.78, 5) is 17.4. The van der Waals surface area contributed by atoms with E-state index in [9.17, 15) is 17.6 Å². The highest BCUT2D eigenvalue weighted by atomic mass is 32.2. The SMILES string of the molecule is Cc1cc(NC(=O)c2ccc(S(=O)(=O)N(C)C(C)C)cc2)n(-c2nc3ccc(F)cc3s2)n1. The molecule has 0 atom stereocenters. The van der Waals surface area contributed by atoms with Crippen molar-refractivity contribution < 1.29 is 17.6 Å². The van der Waals surface area contributed by atoms with Crippen molar-refractivity contribution in [1.29, 1.82) is 0 Å².